The highest BCUT2D eigenvalue weighted by Gasteiger charge is 2.46. The molecule has 0 aromatic heterocycles. The third-order valence-electron chi connectivity index (χ3n) is 4.50. The first-order chi connectivity index (χ1) is 10.3. The monoisotopic (exact) mass is 354 g/mol. The molecule has 0 saturated heterocycles. The van der Waals surface area contributed by atoms with Crippen molar-refractivity contribution in [2.24, 2.45) is 0 Å². The van der Waals surface area contributed by atoms with Crippen LogP contribution in [0.2, 0.25) is 37.3 Å². The summed E-state index contributed by atoms with van der Waals surface area (Å²) in [5, 5.41) is 0. The van der Waals surface area contributed by atoms with Crippen LogP contribution in [0.1, 0.15) is 40.5 Å². The average Bonchev–Trinajstić information content (AvgIpc) is 2.37. The second kappa shape index (κ2) is 8.35. The molecule has 0 bridgehead atoms. The number of hydrogen-bond donors (Lipinski definition) is 0. The molecule has 0 aromatic carbocycles. The van der Waals surface area contributed by atoms with Crippen LogP contribution in [0, 0.1) is 0 Å². The van der Waals surface area contributed by atoms with Crippen LogP contribution in [0.25, 0.3) is 0 Å². The van der Waals surface area contributed by atoms with Crippen molar-refractivity contribution in [1.29, 1.82) is 0 Å². The Kier molecular flexibility index (Phi) is 8.07. The molecule has 3 nitrogen and oxygen atoms in total. The van der Waals surface area contributed by atoms with E-state index in [0.717, 1.165) is 12.8 Å². The number of ketones is 2. The van der Waals surface area contributed by atoms with Gasteiger partial charge in [0.2, 0.25) is 0 Å². The smallest absolute Gasteiger partial charge is 0.184 e. The zero-order valence-electron chi connectivity index (χ0n) is 16.2. The van der Waals surface area contributed by atoms with Gasteiger partial charge in [-0.2, -0.15) is 0 Å². The molecule has 2 atom stereocenters. The molecule has 0 aliphatic rings. The zero-order chi connectivity index (χ0) is 18.6. The lowest BCUT2D eigenvalue weighted by Gasteiger charge is -2.41. The fourth-order valence-electron chi connectivity index (χ4n) is 3.40. The minimum atomic E-state index is -2.28. The topological polar surface area (TPSA) is 43.4 Å². The van der Waals surface area contributed by atoms with Gasteiger partial charge < -0.3 is 4.12 Å². The van der Waals surface area contributed by atoms with Crippen molar-refractivity contribution < 1.29 is 13.7 Å². The molecule has 2 unspecified atom stereocenters. The first-order valence-corrected chi connectivity index (χ1v) is 14.4. The van der Waals surface area contributed by atoms with E-state index in [1.807, 2.05) is 13.8 Å². The number of hydrogen-bond acceptors (Lipinski definition) is 3. The normalized spacial score (nSPS) is 15.0. The number of rotatable bonds is 10. The molecule has 0 fully saturated rings. The molecule has 0 amide bonds. The van der Waals surface area contributed by atoms with Crippen LogP contribution < -0.4 is 0 Å². The fraction of sp³-hybridized carbons (Fsp3) is 0.667. The van der Waals surface area contributed by atoms with E-state index in [2.05, 4.69) is 39.3 Å². The van der Waals surface area contributed by atoms with Gasteiger partial charge in [0.1, 0.15) is 0 Å². The SMILES string of the molecule is C=C(C)C(=O)C(CC)[Si](C)(C)O[Si](C)(C)C(CC)C(=O)C(=C)C. The predicted molar refractivity (Wildman–Crippen MR) is 104 cm³/mol. The molecule has 0 radical (unpaired) electrons. The van der Waals surface area contributed by atoms with Crippen molar-refractivity contribution in [2.45, 2.75) is 77.8 Å². The summed E-state index contributed by atoms with van der Waals surface area (Å²) in [6.45, 7) is 23.5. The number of carbonyl (C=O) groups excluding carboxylic acids is 2. The van der Waals surface area contributed by atoms with Gasteiger partial charge in [0.25, 0.3) is 0 Å². The Labute approximate surface area is 144 Å². The largest absolute Gasteiger partial charge is 0.454 e. The summed E-state index contributed by atoms with van der Waals surface area (Å²) in [4.78, 5) is 25.0. The maximum atomic E-state index is 12.5. The highest BCUT2D eigenvalue weighted by atomic mass is 28.4. The standard InChI is InChI=1S/C18H34O3Si2/c1-11-15(17(19)13(3)4)22(7,8)21-23(9,10)16(12-2)18(20)14(5)6/h15-16H,3,5,11-12H2,1-2,4,6-10H3. The van der Waals surface area contributed by atoms with E-state index in [1.54, 1.807) is 13.8 Å². The maximum absolute atomic E-state index is 12.5. The molecule has 0 N–H and O–H groups in total. The van der Waals surface area contributed by atoms with Crippen LogP contribution in [0.5, 0.6) is 0 Å². The molecular weight excluding hydrogens is 320 g/mol. The van der Waals surface area contributed by atoms with Gasteiger partial charge in [-0.15, -0.1) is 0 Å². The summed E-state index contributed by atoms with van der Waals surface area (Å²) in [5.41, 5.74) is 0.963. The van der Waals surface area contributed by atoms with Crippen molar-refractivity contribution >= 4 is 28.2 Å². The molecule has 0 aliphatic heterocycles. The van der Waals surface area contributed by atoms with Crippen LogP contribution in [0.4, 0.5) is 0 Å². The van der Waals surface area contributed by atoms with Gasteiger partial charge in [-0.05, 0) is 64.0 Å². The lowest BCUT2D eigenvalue weighted by Crippen LogP contribution is -2.52. The lowest BCUT2D eigenvalue weighted by molar-refractivity contribution is -0.116. The molecule has 0 rings (SSSR count). The van der Waals surface area contributed by atoms with E-state index in [9.17, 15) is 9.59 Å². The van der Waals surface area contributed by atoms with Crippen molar-refractivity contribution in [3.8, 4) is 0 Å². The van der Waals surface area contributed by atoms with E-state index >= 15 is 0 Å². The summed E-state index contributed by atoms with van der Waals surface area (Å²) in [6, 6.07) is 0. The summed E-state index contributed by atoms with van der Waals surface area (Å²) in [7, 11) is -4.57. The summed E-state index contributed by atoms with van der Waals surface area (Å²) < 4.78 is 6.63. The van der Waals surface area contributed by atoms with Gasteiger partial charge in [-0.3, -0.25) is 9.59 Å². The quantitative estimate of drug-likeness (QED) is 0.397. The minimum absolute atomic E-state index is 0.105. The highest BCUT2D eigenvalue weighted by molar-refractivity contribution is 6.89. The highest BCUT2D eigenvalue weighted by Crippen LogP contribution is 2.37. The van der Waals surface area contributed by atoms with Crippen LogP contribution in [-0.2, 0) is 13.7 Å². The Morgan fingerprint density at radius 3 is 1.26 bits per heavy atom. The maximum Gasteiger partial charge on any atom is 0.184 e. The lowest BCUT2D eigenvalue weighted by atomic mass is 10.1. The van der Waals surface area contributed by atoms with E-state index in [-0.39, 0.29) is 22.6 Å². The molecule has 0 spiro atoms. The number of carbonyl (C=O) groups is 2. The van der Waals surface area contributed by atoms with E-state index < -0.39 is 16.6 Å². The zero-order valence-corrected chi connectivity index (χ0v) is 18.2. The Morgan fingerprint density at radius 2 is 1.09 bits per heavy atom. The third-order valence-corrected chi connectivity index (χ3v) is 13.4. The third kappa shape index (κ3) is 5.66. The van der Waals surface area contributed by atoms with Crippen LogP contribution in [0.3, 0.4) is 0 Å². The molecule has 0 aliphatic carbocycles. The van der Waals surface area contributed by atoms with Crippen molar-refractivity contribution in [1.82, 2.24) is 0 Å². The molecule has 5 heteroatoms. The average molecular weight is 355 g/mol. The molecule has 23 heavy (non-hydrogen) atoms. The molecular formula is C18H34O3Si2. The Balaban J connectivity index is 5.53. The second-order valence-electron chi connectivity index (χ2n) is 7.52. The van der Waals surface area contributed by atoms with Gasteiger partial charge in [0.15, 0.2) is 28.2 Å². The number of allylic oxidation sites excluding steroid dienone is 2. The van der Waals surface area contributed by atoms with Crippen LogP contribution in [-0.4, -0.2) is 28.2 Å². The van der Waals surface area contributed by atoms with Gasteiger partial charge in [0, 0.05) is 11.1 Å². The predicted octanol–water partition coefficient (Wildman–Crippen LogP) is 5.26. The Hall–Kier alpha value is -0.786. The Bertz CT molecular complexity index is 448. The summed E-state index contributed by atoms with van der Waals surface area (Å²) >= 11 is 0. The summed E-state index contributed by atoms with van der Waals surface area (Å²) in [6.07, 6.45) is 1.50. The van der Waals surface area contributed by atoms with Gasteiger partial charge in [-0.25, -0.2) is 0 Å². The fourth-order valence-corrected chi connectivity index (χ4v) is 13.7. The van der Waals surface area contributed by atoms with E-state index in [1.165, 1.54) is 0 Å². The minimum Gasteiger partial charge on any atom is -0.454 e. The molecule has 0 aromatic rings. The van der Waals surface area contributed by atoms with Crippen molar-refractivity contribution in [2.75, 3.05) is 0 Å². The van der Waals surface area contributed by atoms with Gasteiger partial charge in [-0.1, -0.05) is 27.0 Å². The van der Waals surface area contributed by atoms with Crippen molar-refractivity contribution in [3.05, 3.63) is 24.3 Å². The van der Waals surface area contributed by atoms with Crippen LogP contribution >= 0.6 is 0 Å². The van der Waals surface area contributed by atoms with Gasteiger partial charge >= 0.3 is 0 Å². The molecule has 132 valence electrons. The number of Topliss-reactive ketones (excluding diaryl/α,β-unsaturated/α-hetero) is 2. The first kappa shape index (κ1) is 22.2. The molecule has 0 saturated carbocycles. The molecule has 0 heterocycles. The van der Waals surface area contributed by atoms with Gasteiger partial charge in [0.05, 0.1) is 0 Å². The van der Waals surface area contributed by atoms with E-state index in [0.29, 0.717) is 11.1 Å². The van der Waals surface area contributed by atoms with E-state index in [4.69, 9.17) is 4.12 Å². The van der Waals surface area contributed by atoms with Crippen molar-refractivity contribution in [3.63, 3.8) is 0 Å². The second-order valence-corrected chi connectivity index (χ2v) is 16.1. The Morgan fingerprint density at radius 1 is 0.826 bits per heavy atom. The summed E-state index contributed by atoms with van der Waals surface area (Å²) in [5.74, 6) is 0.210. The van der Waals surface area contributed by atoms with Crippen LogP contribution in [0.15, 0.2) is 24.3 Å². The first-order valence-electron chi connectivity index (χ1n) is 8.41.